The van der Waals surface area contributed by atoms with Crippen molar-refractivity contribution in [1.29, 1.82) is 0 Å². The van der Waals surface area contributed by atoms with E-state index in [0.717, 1.165) is 0 Å². The zero-order valence-electron chi connectivity index (χ0n) is 7.26. The first-order chi connectivity index (χ1) is 6.61. The number of benzene rings is 1. The Morgan fingerprint density at radius 3 is 2.93 bits per heavy atom. The lowest BCUT2D eigenvalue weighted by molar-refractivity contribution is 0.247. The van der Waals surface area contributed by atoms with Gasteiger partial charge in [0.15, 0.2) is 23.1 Å². The Kier molecular flexibility index (Phi) is 2.03. The van der Waals surface area contributed by atoms with E-state index in [1.807, 2.05) is 0 Å². The monoisotopic (exact) mass is 201 g/mol. The fraction of sp³-hybridized carbons (Fsp3) is 0.333. The molecule has 0 aromatic heterocycles. The summed E-state index contributed by atoms with van der Waals surface area (Å²) in [6.45, 7) is 0.259. The normalized spacial score (nSPS) is 20.1. The number of halogens is 2. The summed E-state index contributed by atoms with van der Waals surface area (Å²) in [7, 11) is 0. The Bertz CT molecular complexity index is 382. The molecule has 1 aliphatic heterocycles. The van der Waals surface area contributed by atoms with Crippen LogP contribution in [0.4, 0.5) is 8.78 Å². The second kappa shape index (κ2) is 3.09. The average Bonchev–Trinajstić information content (AvgIpc) is 2.14. The van der Waals surface area contributed by atoms with Gasteiger partial charge in [0.1, 0.15) is 0 Å². The van der Waals surface area contributed by atoms with Gasteiger partial charge in [-0.15, -0.1) is 0 Å². The van der Waals surface area contributed by atoms with Crippen LogP contribution in [-0.4, -0.2) is 11.7 Å². The first kappa shape index (κ1) is 9.21. The van der Waals surface area contributed by atoms with Gasteiger partial charge in [0, 0.05) is 18.5 Å². The van der Waals surface area contributed by atoms with Crippen LogP contribution in [-0.2, 0) is 0 Å². The van der Waals surface area contributed by atoms with Crippen LogP contribution in [0.3, 0.4) is 0 Å². The van der Waals surface area contributed by atoms with Crippen LogP contribution in [0.5, 0.6) is 11.5 Å². The molecule has 0 radical (unpaired) electrons. The summed E-state index contributed by atoms with van der Waals surface area (Å²) in [4.78, 5) is 0. The minimum absolute atomic E-state index is 0.0752. The predicted octanol–water partition coefficient (Wildman–Crippen LogP) is 1.45. The van der Waals surface area contributed by atoms with Gasteiger partial charge >= 0.3 is 0 Å². The van der Waals surface area contributed by atoms with E-state index in [2.05, 4.69) is 0 Å². The van der Waals surface area contributed by atoms with Crippen molar-refractivity contribution in [3.05, 3.63) is 23.3 Å². The topological polar surface area (TPSA) is 55.5 Å². The number of fused-ring (bicyclic) bond motifs is 1. The van der Waals surface area contributed by atoms with Crippen molar-refractivity contribution < 1.29 is 18.6 Å². The van der Waals surface area contributed by atoms with E-state index >= 15 is 0 Å². The zero-order chi connectivity index (χ0) is 10.3. The molecule has 3 nitrogen and oxygen atoms in total. The highest BCUT2D eigenvalue weighted by atomic mass is 19.1. The number of aromatic hydroxyl groups is 1. The van der Waals surface area contributed by atoms with E-state index in [4.69, 9.17) is 15.6 Å². The lowest BCUT2D eigenvalue weighted by Gasteiger charge is -2.23. The maximum absolute atomic E-state index is 13.3. The molecule has 0 amide bonds. The Hall–Kier alpha value is -1.36. The van der Waals surface area contributed by atoms with Crippen LogP contribution in [0.1, 0.15) is 18.0 Å². The minimum atomic E-state index is -0.895. The Morgan fingerprint density at radius 1 is 1.50 bits per heavy atom. The van der Waals surface area contributed by atoms with Gasteiger partial charge in [-0.05, 0) is 0 Å². The fourth-order valence-corrected chi connectivity index (χ4v) is 1.53. The third kappa shape index (κ3) is 1.21. The van der Waals surface area contributed by atoms with Gasteiger partial charge in [0.25, 0.3) is 0 Å². The van der Waals surface area contributed by atoms with E-state index in [1.165, 1.54) is 0 Å². The van der Waals surface area contributed by atoms with E-state index in [-0.39, 0.29) is 17.9 Å². The smallest absolute Gasteiger partial charge is 0.173 e. The number of phenolic OH excluding ortho intramolecular Hbond substituents is 1. The highest BCUT2D eigenvalue weighted by Gasteiger charge is 2.27. The van der Waals surface area contributed by atoms with Gasteiger partial charge in [0.2, 0.25) is 0 Å². The van der Waals surface area contributed by atoms with Crippen molar-refractivity contribution in [2.45, 2.75) is 12.5 Å². The zero-order valence-corrected chi connectivity index (χ0v) is 7.26. The van der Waals surface area contributed by atoms with Crippen molar-refractivity contribution in [2.75, 3.05) is 6.61 Å². The second-order valence-electron chi connectivity index (χ2n) is 3.18. The molecule has 5 heteroatoms. The minimum Gasteiger partial charge on any atom is -0.505 e. The van der Waals surface area contributed by atoms with Crippen LogP contribution >= 0.6 is 0 Å². The average molecular weight is 201 g/mol. The molecular formula is C9H9F2NO2. The number of rotatable bonds is 0. The molecule has 0 aliphatic carbocycles. The number of ether oxygens (including phenoxy) is 1. The van der Waals surface area contributed by atoms with Crippen LogP contribution in [0.15, 0.2) is 6.07 Å². The van der Waals surface area contributed by atoms with Crippen LogP contribution in [0, 0.1) is 11.6 Å². The van der Waals surface area contributed by atoms with Crippen molar-refractivity contribution in [2.24, 2.45) is 5.73 Å². The molecular weight excluding hydrogens is 192 g/mol. The SMILES string of the molecule is N[C@H]1CCOc2c(F)cc(O)c(F)c21. The molecule has 76 valence electrons. The van der Waals surface area contributed by atoms with Crippen molar-refractivity contribution in [1.82, 2.24) is 0 Å². The quantitative estimate of drug-likeness (QED) is 0.668. The van der Waals surface area contributed by atoms with E-state index in [9.17, 15) is 8.78 Å². The maximum Gasteiger partial charge on any atom is 0.173 e. The van der Waals surface area contributed by atoms with E-state index in [1.54, 1.807) is 0 Å². The van der Waals surface area contributed by atoms with Crippen molar-refractivity contribution in [3.8, 4) is 11.5 Å². The molecule has 0 saturated carbocycles. The highest BCUT2D eigenvalue weighted by Crippen LogP contribution is 2.38. The summed E-state index contributed by atoms with van der Waals surface area (Å²) in [6.07, 6.45) is 0.410. The fourth-order valence-electron chi connectivity index (χ4n) is 1.53. The molecule has 0 fully saturated rings. The second-order valence-corrected chi connectivity index (χ2v) is 3.18. The lowest BCUT2D eigenvalue weighted by Crippen LogP contribution is -2.22. The molecule has 3 N–H and O–H groups in total. The Balaban J connectivity index is 2.67. The number of hydrogen-bond acceptors (Lipinski definition) is 3. The third-order valence-electron chi connectivity index (χ3n) is 2.23. The standard InChI is InChI=1S/C9H9F2NO2/c10-4-3-6(13)8(11)7-5(12)1-2-14-9(4)7/h3,5,13H,1-2,12H2/t5-/m0/s1. The van der Waals surface area contributed by atoms with Gasteiger partial charge < -0.3 is 15.6 Å². The molecule has 1 aromatic rings. The van der Waals surface area contributed by atoms with E-state index in [0.29, 0.717) is 12.5 Å². The van der Waals surface area contributed by atoms with Crippen molar-refractivity contribution in [3.63, 3.8) is 0 Å². The Morgan fingerprint density at radius 2 is 2.21 bits per heavy atom. The lowest BCUT2D eigenvalue weighted by atomic mass is 10.00. The van der Waals surface area contributed by atoms with Crippen LogP contribution in [0.25, 0.3) is 0 Å². The molecule has 0 spiro atoms. The summed E-state index contributed by atoms with van der Waals surface area (Å²) < 4.78 is 31.5. The maximum atomic E-state index is 13.3. The molecule has 0 unspecified atom stereocenters. The molecule has 1 atom stereocenters. The van der Waals surface area contributed by atoms with Gasteiger partial charge in [0.05, 0.1) is 12.2 Å². The summed E-state index contributed by atoms with van der Waals surface area (Å²) in [6, 6.07) is 0.0620. The van der Waals surface area contributed by atoms with Crippen LogP contribution in [0.2, 0.25) is 0 Å². The summed E-state index contributed by atoms with van der Waals surface area (Å²) in [5.41, 5.74) is 5.51. The molecule has 2 rings (SSSR count). The molecule has 1 aromatic carbocycles. The number of phenols is 1. The summed E-state index contributed by atoms with van der Waals surface area (Å²) in [5, 5.41) is 9.05. The number of hydrogen-bond donors (Lipinski definition) is 2. The summed E-state index contributed by atoms with van der Waals surface area (Å²) >= 11 is 0. The summed E-state index contributed by atoms with van der Waals surface area (Å²) in [5.74, 6) is -2.59. The van der Waals surface area contributed by atoms with E-state index < -0.39 is 23.4 Å². The molecule has 0 saturated heterocycles. The van der Waals surface area contributed by atoms with Gasteiger partial charge in [-0.1, -0.05) is 0 Å². The Labute approximate surface area is 79.1 Å². The van der Waals surface area contributed by atoms with Gasteiger partial charge in [-0.3, -0.25) is 0 Å². The third-order valence-corrected chi connectivity index (χ3v) is 2.23. The van der Waals surface area contributed by atoms with Gasteiger partial charge in [-0.2, -0.15) is 0 Å². The largest absolute Gasteiger partial charge is 0.505 e. The highest BCUT2D eigenvalue weighted by molar-refractivity contribution is 5.45. The molecule has 1 aliphatic rings. The van der Waals surface area contributed by atoms with Crippen molar-refractivity contribution >= 4 is 0 Å². The van der Waals surface area contributed by atoms with Gasteiger partial charge in [-0.25, -0.2) is 8.78 Å². The number of nitrogens with two attached hydrogens (primary N) is 1. The molecule has 0 bridgehead atoms. The molecule has 14 heavy (non-hydrogen) atoms. The molecule has 1 heterocycles. The first-order valence-corrected chi connectivity index (χ1v) is 4.20. The first-order valence-electron chi connectivity index (χ1n) is 4.20. The van der Waals surface area contributed by atoms with Crippen LogP contribution < -0.4 is 10.5 Å². The predicted molar refractivity (Wildman–Crippen MR) is 45.1 cm³/mol.